The number of aromatic nitrogens is 3. The monoisotopic (exact) mass is 259 g/mol. The lowest BCUT2D eigenvalue weighted by atomic mass is 10.2. The van der Waals surface area contributed by atoms with Crippen LogP contribution in [0.5, 0.6) is 0 Å². The van der Waals surface area contributed by atoms with Gasteiger partial charge in [0.15, 0.2) is 0 Å². The SMILES string of the molecule is Cc1cnn(CCNC(=O)c2cnc(C)cc2N)c1. The van der Waals surface area contributed by atoms with E-state index in [4.69, 9.17) is 5.73 Å². The molecule has 0 saturated carbocycles. The molecule has 19 heavy (non-hydrogen) atoms. The number of anilines is 1. The standard InChI is InChI=1S/C13H17N5O/c1-9-6-17-18(8-9)4-3-15-13(19)11-7-16-10(2)5-12(11)14/h5-8H,3-4H2,1-2H3,(H2,14,16)(H,15,19). The number of nitrogens with one attached hydrogen (secondary N) is 1. The third kappa shape index (κ3) is 3.31. The predicted octanol–water partition coefficient (Wildman–Crippen LogP) is 0.907. The highest BCUT2D eigenvalue weighted by molar-refractivity contribution is 5.98. The minimum Gasteiger partial charge on any atom is -0.398 e. The summed E-state index contributed by atoms with van der Waals surface area (Å²) < 4.78 is 1.78. The van der Waals surface area contributed by atoms with E-state index in [0.29, 0.717) is 24.3 Å². The maximum absolute atomic E-state index is 11.9. The molecule has 2 aromatic heterocycles. The van der Waals surface area contributed by atoms with E-state index < -0.39 is 0 Å². The van der Waals surface area contributed by atoms with Gasteiger partial charge in [0, 0.05) is 30.3 Å². The number of rotatable bonds is 4. The van der Waals surface area contributed by atoms with Crippen LogP contribution in [-0.2, 0) is 6.54 Å². The van der Waals surface area contributed by atoms with E-state index in [1.807, 2.05) is 20.0 Å². The molecule has 100 valence electrons. The summed E-state index contributed by atoms with van der Waals surface area (Å²) in [5, 5.41) is 6.94. The van der Waals surface area contributed by atoms with E-state index in [9.17, 15) is 4.79 Å². The van der Waals surface area contributed by atoms with Gasteiger partial charge < -0.3 is 11.1 Å². The van der Waals surface area contributed by atoms with Crippen molar-refractivity contribution in [1.82, 2.24) is 20.1 Å². The van der Waals surface area contributed by atoms with Crippen LogP contribution in [0.1, 0.15) is 21.6 Å². The molecule has 0 bridgehead atoms. The lowest BCUT2D eigenvalue weighted by Crippen LogP contribution is -2.28. The molecule has 2 rings (SSSR count). The molecule has 3 N–H and O–H groups in total. The average Bonchev–Trinajstić information content (AvgIpc) is 2.75. The van der Waals surface area contributed by atoms with Gasteiger partial charge in [0.05, 0.1) is 18.3 Å². The summed E-state index contributed by atoms with van der Waals surface area (Å²) in [6.45, 7) is 4.92. The van der Waals surface area contributed by atoms with Crippen molar-refractivity contribution in [2.45, 2.75) is 20.4 Å². The van der Waals surface area contributed by atoms with Gasteiger partial charge in [0.2, 0.25) is 0 Å². The summed E-state index contributed by atoms with van der Waals surface area (Å²) in [4.78, 5) is 16.0. The summed E-state index contributed by atoms with van der Waals surface area (Å²) >= 11 is 0. The van der Waals surface area contributed by atoms with Crippen molar-refractivity contribution >= 4 is 11.6 Å². The number of aryl methyl sites for hydroxylation is 2. The molecular formula is C13H17N5O. The number of amides is 1. The summed E-state index contributed by atoms with van der Waals surface area (Å²) in [5.41, 5.74) is 8.53. The Hall–Kier alpha value is -2.37. The molecule has 6 heteroatoms. The molecule has 0 aromatic carbocycles. The lowest BCUT2D eigenvalue weighted by molar-refractivity contribution is 0.0952. The Bertz CT molecular complexity index is 590. The van der Waals surface area contributed by atoms with Crippen molar-refractivity contribution in [3.8, 4) is 0 Å². The second kappa shape index (κ2) is 5.51. The van der Waals surface area contributed by atoms with Crippen molar-refractivity contribution in [2.24, 2.45) is 0 Å². The number of nitrogens with zero attached hydrogens (tertiary/aromatic N) is 3. The first-order valence-electron chi connectivity index (χ1n) is 6.05. The number of pyridine rings is 1. The Morgan fingerprint density at radius 2 is 2.21 bits per heavy atom. The van der Waals surface area contributed by atoms with E-state index >= 15 is 0 Å². The van der Waals surface area contributed by atoms with Gasteiger partial charge in [-0.25, -0.2) is 0 Å². The molecule has 0 aliphatic carbocycles. The van der Waals surface area contributed by atoms with Crippen LogP contribution in [0, 0.1) is 13.8 Å². The average molecular weight is 259 g/mol. The van der Waals surface area contributed by atoms with Crippen molar-refractivity contribution in [1.29, 1.82) is 0 Å². The summed E-state index contributed by atoms with van der Waals surface area (Å²) in [6.07, 6.45) is 5.20. The maximum atomic E-state index is 11.9. The quantitative estimate of drug-likeness (QED) is 0.854. The summed E-state index contributed by atoms with van der Waals surface area (Å²) in [6, 6.07) is 1.69. The van der Waals surface area contributed by atoms with Gasteiger partial charge in [-0.2, -0.15) is 5.10 Å². The van der Waals surface area contributed by atoms with Crippen LogP contribution in [0.25, 0.3) is 0 Å². The van der Waals surface area contributed by atoms with Crippen molar-refractivity contribution in [3.05, 3.63) is 41.5 Å². The molecular weight excluding hydrogens is 242 g/mol. The minimum atomic E-state index is -0.214. The van der Waals surface area contributed by atoms with Gasteiger partial charge in [-0.05, 0) is 25.5 Å². The van der Waals surface area contributed by atoms with E-state index in [1.165, 1.54) is 6.20 Å². The fourth-order valence-electron chi connectivity index (χ4n) is 1.74. The van der Waals surface area contributed by atoms with Gasteiger partial charge in [-0.3, -0.25) is 14.5 Å². The van der Waals surface area contributed by atoms with E-state index in [1.54, 1.807) is 16.9 Å². The molecule has 2 heterocycles. The number of hydrogen-bond donors (Lipinski definition) is 2. The fraction of sp³-hybridized carbons (Fsp3) is 0.308. The molecule has 0 radical (unpaired) electrons. The van der Waals surface area contributed by atoms with Crippen LogP contribution in [0.15, 0.2) is 24.7 Å². The van der Waals surface area contributed by atoms with E-state index in [-0.39, 0.29) is 5.91 Å². The van der Waals surface area contributed by atoms with Gasteiger partial charge in [0.25, 0.3) is 5.91 Å². The molecule has 0 aliphatic rings. The van der Waals surface area contributed by atoms with Crippen LogP contribution >= 0.6 is 0 Å². The van der Waals surface area contributed by atoms with Crippen LogP contribution in [0.2, 0.25) is 0 Å². The van der Waals surface area contributed by atoms with Crippen LogP contribution in [0.3, 0.4) is 0 Å². The summed E-state index contributed by atoms with van der Waals surface area (Å²) in [7, 11) is 0. The molecule has 1 amide bonds. The largest absolute Gasteiger partial charge is 0.398 e. The maximum Gasteiger partial charge on any atom is 0.255 e. The second-order valence-electron chi connectivity index (χ2n) is 4.45. The topological polar surface area (TPSA) is 85.8 Å². The Kier molecular flexibility index (Phi) is 3.79. The first kappa shape index (κ1) is 13.1. The first-order chi connectivity index (χ1) is 9.06. The highest BCUT2D eigenvalue weighted by Gasteiger charge is 2.09. The molecule has 0 unspecified atom stereocenters. The Morgan fingerprint density at radius 1 is 1.42 bits per heavy atom. The molecule has 0 saturated heterocycles. The highest BCUT2D eigenvalue weighted by atomic mass is 16.1. The highest BCUT2D eigenvalue weighted by Crippen LogP contribution is 2.10. The number of carbonyl (C=O) groups excluding carboxylic acids is 1. The van der Waals surface area contributed by atoms with Crippen molar-refractivity contribution in [3.63, 3.8) is 0 Å². The number of nitrogens with two attached hydrogens (primary N) is 1. The fourth-order valence-corrected chi connectivity index (χ4v) is 1.74. The van der Waals surface area contributed by atoms with Crippen molar-refractivity contribution in [2.75, 3.05) is 12.3 Å². The first-order valence-corrected chi connectivity index (χ1v) is 6.05. The number of carbonyl (C=O) groups is 1. The molecule has 2 aromatic rings. The summed E-state index contributed by atoms with van der Waals surface area (Å²) in [5.74, 6) is -0.214. The van der Waals surface area contributed by atoms with E-state index in [2.05, 4.69) is 15.4 Å². The van der Waals surface area contributed by atoms with Crippen LogP contribution < -0.4 is 11.1 Å². The Balaban J connectivity index is 1.90. The zero-order chi connectivity index (χ0) is 13.8. The molecule has 6 nitrogen and oxygen atoms in total. The predicted molar refractivity (Wildman–Crippen MR) is 72.7 cm³/mol. The molecule has 0 aliphatic heterocycles. The normalized spacial score (nSPS) is 10.4. The van der Waals surface area contributed by atoms with Crippen LogP contribution in [0.4, 0.5) is 5.69 Å². The van der Waals surface area contributed by atoms with Gasteiger partial charge >= 0.3 is 0 Å². The third-order valence-electron chi connectivity index (χ3n) is 2.71. The molecule has 0 fully saturated rings. The number of hydrogen-bond acceptors (Lipinski definition) is 4. The second-order valence-corrected chi connectivity index (χ2v) is 4.45. The van der Waals surface area contributed by atoms with E-state index in [0.717, 1.165) is 11.3 Å². The van der Waals surface area contributed by atoms with Gasteiger partial charge in [-0.1, -0.05) is 0 Å². The zero-order valence-electron chi connectivity index (χ0n) is 11.1. The molecule has 0 spiro atoms. The third-order valence-corrected chi connectivity index (χ3v) is 2.71. The Morgan fingerprint density at radius 3 is 2.84 bits per heavy atom. The molecule has 0 atom stereocenters. The van der Waals surface area contributed by atoms with Crippen molar-refractivity contribution < 1.29 is 4.79 Å². The van der Waals surface area contributed by atoms with Gasteiger partial charge in [0.1, 0.15) is 0 Å². The zero-order valence-corrected chi connectivity index (χ0v) is 11.1. The van der Waals surface area contributed by atoms with Gasteiger partial charge in [-0.15, -0.1) is 0 Å². The van der Waals surface area contributed by atoms with Crippen LogP contribution in [-0.4, -0.2) is 27.2 Å². The lowest BCUT2D eigenvalue weighted by Gasteiger charge is -2.07. The number of nitrogen functional groups attached to an aromatic ring is 1. The Labute approximate surface area is 111 Å². The minimum absolute atomic E-state index is 0.214. The smallest absolute Gasteiger partial charge is 0.255 e.